The standard InChI is InChI=1S/C13H14F15O3P/c14-7(15,5-3-1-2-4-6-32(29,30)31)8(16,17)9(18,19)10(20,21)11(22,23)12(24,25)13(26,27)28/h1-6H2,(H2,29,30,31). The van der Waals surface area contributed by atoms with Gasteiger partial charge in [0, 0.05) is 12.6 Å². The van der Waals surface area contributed by atoms with Crippen molar-refractivity contribution in [3.8, 4) is 0 Å². The third-order valence-electron chi connectivity index (χ3n) is 4.08. The van der Waals surface area contributed by atoms with Gasteiger partial charge in [-0.2, -0.15) is 65.9 Å². The zero-order chi connectivity index (χ0) is 26.2. The van der Waals surface area contributed by atoms with Gasteiger partial charge in [-0.15, -0.1) is 0 Å². The summed E-state index contributed by atoms with van der Waals surface area (Å²) in [6, 6.07) is 0. The number of hydrogen-bond donors (Lipinski definition) is 2. The number of halogens is 15. The molecule has 0 heterocycles. The summed E-state index contributed by atoms with van der Waals surface area (Å²) < 4.78 is 205. The summed E-state index contributed by atoms with van der Waals surface area (Å²) in [6.45, 7) is 0. The Bertz CT molecular complexity index is 683. The monoisotopic (exact) mass is 534 g/mol. The van der Waals surface area contributed by atoms with Gasteiger partial charge < -0.3 is 9.79 Å². The molecule has 0 saturated carbocycles. The van der Waals surface area contributed by atoms with Crippen LogP contribution in [0.5, 0.6) is 0 Å². The largest absolute Gasteiger partial charge is 0.460 e. The molecule has 0 aromatic heterocycles. The molecule has 0 aliphatic heterocycles. The lowest BCUT2D eigenvalue weighted by molar-refractivity contribution is -0.452. The predicted molar refractivity (Wildman–Crippen MR) is 75.7 cm³/mol. The van der Waals surface area contributed by atoms with Crippen molar-refractivity contribution in [1.82, 2.24) is 0 Å². The molecule has 0 radical (unpaired) electrons. The van der Waals surface area contributed by atoms with Gasteiger partial charge in [-0.05, 0) is 12.8 Å². The zero-order valence-corrected chi connectivity index (χ0v) is 16.1. The summed E-state index contributed by atoms with van der Waals surface area (Å²) in [4.78, 5) is 17.0. The number of hydrogen-bond acceptors (Lipinski definition) is 1. The first-order valence-electron chi connectivity index (χ1n) is 8.09. The second kappa shape index (κ2) is 9.04. The van der Waals surface area contributed by atoms with Gasteiger partial charge in [0.25, 0.3) is 0 Å². The van der Waals surface area contributed by atoms with E-state index in [1.165, 1.54) is 0 Å². The van der Waals surface area contributed by atoms with Crippen molar-refractivity contribution in [2.75, 3.05) is 6.16 Å². The molecule has 0 fully saturated rings. The second-order valence-electron chi connectivity index (χ2n) is 6.63. The molecule has 19 heteroatoms. The summed E-state index contributed by atoms with van der Waals surface area (Å²) in [5.41, 5.74) is 0. The van der Waals surface area contributed by atoms with Crippen LogP contribution < -0.4 is 0 Å². The van der Waals surface area contributed by atoms with Crippen LogP contribution >= 0.6 is 7.60 Å². The zero-order valence-electron chi connectivity index (χ0n) is 15.2. The van der Waals surface area contributed by atoms with Gasteiger partial charge in [0.15, 0.2) is 0 Å². The van der Waals surface area contributed by atoms with Crippen molar-refractivity contribution < 1.29 is 80.2 Å². The molecule has 0 aromatic rings. The minimum absolute atomic E-state index is 0.366. The normalized spacial score (nSPS) is 15.9. The molecule has 0 aliphatic carbocycles. The number of unbranched alkanes of at least 4 members (excludes halogenated alkanes) is 3. The molecule has 3 nitrogen and oxygen atoms in total. The minimum atomic E-state index is -8.30. The Kier molecular flexibility index (Phi) is 8.79. The smallest absolute Gasteiger partial charge is 0.324 e. The molecular formula is C13H14F15O3P. The van der Waals surface area contributed by atoms with Crippen molar-refractivity contribution in [2.45, 2.75) is 73.8 Å². The Morgan fingerprint density at radius 1 is 0.500 bits per heavy atom. The van der Waals surface area contributed by atoms with Crippen molar-refractivity contribution in [3.05, 3.63) is 0 Å². The fourth-order valence-corrected chi connectivity index (χ4v) is 2.81. The van der Waals surface area contributed by atoms with E-state index in [0.717, 1.165) is 0 Å². The van der Waals surface area contributed by atoms with E-state index in [1.54, 1.807) is 0 Å². The number of rotatable bonds is 12. The first kappa shape index (κ1) is 31.1. The van der Waals surface area contributed by atoms with Gasteiger partial charge in [-0.3, -0.25) is 4.57 Å². The maximum Gasteiger partial charge on any atom is 0.460 e. The lowest BCUT2D eigenvalue weighted by atomic mass is 9.89. The van der Waals surface area contributed by atoms with E-state index in [1.807, 2.05) is 0 Å². The molecule has 0 aromatic carbocycles. The summed E-state index contributed by atoms with van der Waals surface area (Å²) in [6.07, 6.45) is -13.4. The van der Waals surface area contributed by atoms with E-state index in [9.17, 15) is 70.4 Å². The van der Waals surface area contributed by atoms with Crippen LogP contribution in [0, 0.1) is 0 Å². The first-order valence-corrected chi connectivity index (χ1v) is 9.88. The van der Waals surface area contributed by atoms with Gasteiger partial charge in [-0.25, -0.2) is 0 Å². The molecule has 0 atom stereocenters. The SMILES string of the molecule is O=P(O)(O)CCCCCCC(F)(F)C(F)(F)C(F)(F)C(F)(F)C(F)(F)C(F)(F)C(F)(F)F. The Balaban J connectivity index is 5.70. The van der Waals surface area contributed by atoms with Crippen LogP contribution in [0.25, 0.3) is 0 Å². The van der Waals surface area contributed by atoms with Crippen molar-refractivity contribution in [2.24, 2.45) is 0 Å². The van der Waals surface area contributed by atoms with E-state index in [2.05, 4.69) is 0 Å². The van der Waals surface area contributed by atoms with Crippen LogP contribution in [0.3, 0.4) is 0 Å². The molecule has 0 amide bonds. The van der Waals surface area contributed by atoms with E-state index >= 15 is 0 Å². The molecule has 0 saturated heterocycles. The van der Waals surface area contributed by atoms with Gasteiger partial charge in [-0.1, -0.05) is 12.8 Å². The minimum Gasteiger partial charge on any atom is -0.324 e. The molecule has 32 heavy (non-hydrogen) atoms. The summed E-state index contributed by atoms with van der Waals surface area (Å²) >= 11 is 0. The molecule has 0 bridgehead atoms. The number of alkyl halides is 15. The van der Waals surface area contributed by atoms with E-state index < -0.39 is 74.7 Å². The highest BCUT2D eigenvalue weighted by atomic mass is 31.2. The lowest BCUT2D eigenvalue weighted by Crippen LogP contribution is -2.72. The average Bonchev–Trinajstić information content (AvgIpc) is 2.55. The van der Waals surface area contributed by atoms with Crippen LogP contribution in [-0.2, 0) is 4.57 Å². The van der Waals surface area contributed by atoms with Crippen LogP contribution in [0.15, 0.2) is 0 Å². The topological polar surface area (TPSA) is 57.5 Å². The Hall–Kier alpha value is -0.900. The van der Waals surface area contributed by atoms with Crippen LogP contribution in [-0.4, -0.2) is 57.7 Å². The van der Waals surface area contributed by atoms with Crippen LogP contribution in [0.4, 0.5) is 65.9 Å². The van der Waals surface area contributed by atoms with Gasteiger partial charge in [0.1, 0.15) is 0 Å². The summed E-state index contributed by atoms with van der Waals surface area (Å²) in [7, 11) is -4.52. The molecular weight excluding hydrogens is 520 g/mol. The van der Waals surface area contributed by atoms with Crippen LogP contribution in [0.2, 0.25) is 0 Å². The Labute approximate surface area is 169 Å². The maximum atomic E-state index is 13.5. The van der Waals surface area contributed by atoms with E-state index in [0.29, 0.717) is 0 Å². The molecule has 0 spiro atoms. The third-order valence-corrected chi connectivity index (χ3v) is 4.98. The lowest BCUT2D eigenvalue weighted by Gasteiger charge is -2.41. The fourth-order valence-electron chi connectivity index (χ4n) is 2.17. The first-order chi connectivity index (χ1) is 13.7. The summed E-state index contributed by atoms with van der Waals surface area (Å²) in [5, 5.41) is 0. The van der Waals surface area contributed by atoms with Crippen molar-refractivity contribution in [1.29, 1.82) is 0 Å². The third kappa shape index (κ3) is 5.59. The predicted octanol–water partition coefficient (Wildman–Crippen LogP) is 6.49. The van der Waals surface area contributed by atoms with Gasteiger partial charge in [0.05, 0.1) is 0 Å². The highest BCUT2D eigenvalue weighted by Gasteiger charge is 2.93. The Morgan fingerprint density at radius 2 is 0.844 bits per heavy atom. The molecule has 2 N–H and O–H groups in total. The van der Waals surface area contributed by atoms with E-state index in [-0.39, 0.29) is 12.8 Å². The molecule has 0 unspecified atom stereocenters. The highest BCUT2D eigenvalue weighted by molar-refractivity contribution is 7.51. The van der Waals surface area contributed by atoms with Crippen LogP contribution in [0.1, 0.15) is 32.1 Å². The van der Waals surface area contributed by atoms with Gasteiger partial charge in [0.2, 0.25) is 0 Å². The maximum absolute atomic E-state index is 13.5. The summed E-state index contributed by atoms with van der Waals surface area (Å²) in [5.74, 6) is -46.4. The Morgan fingerprint density at radius 3 is 1.22 bits per heavy atom. The molecule has 0 rings (SSSR count). The van der Waals surface area contributed by atoms with E-state index in [4.69, 9.17) is 9.79 Å². The molecule has 194 valence electrons. The molecule has 0 aliphatic rings. The van der Waals surface area contributed by atoms with Crippen molar-refractivity contribution >= 4 is 7.60 Å². The second-order valence-corrected chi connectivity index (χ2v) is 8.40. The average molecular weight is 534 g/mol. The quantitative estimate of drug-likeness (QED) is 0.171. The van der Waals surface area contributed by atoms with Crippen molar-refractivity contribution in [3.63, 3.8) is 0 Å². The van der Waals surface area contributed by atoms with Gasteiger partial charge >= 0.3 is 49.3 Å². The fraction of sp³-hybridized carbons (Fsp3) is 1.00. The highest BCUT2D eigenvalue weighted by Crippen LogP contribution is 2.62.